The molecule has 3 amide bonds. The molecule has 2 aliphatic heterocycles. The molecule has 0 aliphatic carbocycles. The lowest BCUT2D eigenvalue weighted by atomic mass is 9.95. The molecule has 3 aromatic rings. The van der Waals surface area contributed by atoms with Gasteiger partial charge in [-0.3, -0.25) is 19.2 Å². The first kappa shape index (κ1) is 33.3. The highest BCUT2D eigenvalue weighted by Gasteiger charge is 2.30. The second-order valence-corrected chi connectivity index (χ2v) is 10.9. The molecule has 15 heteroatoms. The molecular formula is C30H33ClF2N6O6. The van der Waals surface area contributed by atoms with E-state index in [4.69, 9.17) is 26.2 Å². The molecule has 0 spiro atoms. The summed E-state index contributed by atoms with van der Waals surface area (Å²) in [6.07, 6.45) is 3.34. The van der Waals surface area contributed by atoms with Gasteiger partial charge in [0.25, 0.3) is 18.3 Å². The van der Waals surface area contributed by atoms with Gasteiger partial charge in [-0.15, -0.1) is 0 Å². The highest BCUT2D eigenvalue weighted by Crippen LogP contribution is 2.30. The fourth-order valence-corrected chi connectivity index (χ4v) is 5.58. The number of methoxy groups -OCH3 is 1. The van der Waals surface area contributed by atoms with Gasteiger partial charge in [0.15, 0.2) is 17.4 Å². The van der Waals surface area contributed by atoms with Crippen LogP contribution in [-0.4, -0.2) is 83.1 Å². The Balaban J connectivity index is 0.00000148. The monoisotopic (exact) mass is 646 g/mol. The Labute approximate surface area is 262 Å². The largest absolute Gasteiger partial charge is 0.494 e. The number of rotatable bonds is 7. The normalized spacial score (nSPS) is 16.4. The lowest BCUT2D eigenvalue weighted by Gasteiger charge is -2.32. The van der Waals surface area contributed by atoms with Crippen molar-refractivity contribution in [1.29, 1.82) is 0 Å². The molecule has 4 N–H and O–H groups in total. The number of aromatic nitrogens is 2. The molecule has 2 aromatic carbocycles. The molecule has 240 valence electrons. The smallest absolute Gasteiger partial charge is 0.291 e. The van der Waals surface area contributed by atoms with Crippen LogP contribution in [0.2, 0.25) is 5.02 Å². The number of hydrogen-bond acceptors (Lipinski definition) is 7. The van der Waals surface area contributed by atoms with Crippen LogP contribution in [0.1, 0.15) is 40.2 Å². The maximum atomic E-state index is 14.6. The van der Waals surface area contributed by atoms with Crippen LogP contribution in [0.5, 0.6) is 5.75 Å². The van der Waals surface area contributed by atoms with Crippen molar-refractivity contribution in [2.45, 2.75) is 25.3 Å². The van der Waals surface area contributed by atoms with E-state index < -0.39 is 17.5 Å². The summed E-state index contributed by atoms with van der Waals surface area (Å²) < 4.78 is 35.0. The first-order valence-electron chi connectivity index (χ1n) is 14.1. The van der Waals surface area contributed by atoms with Gasteiger partial charge < -0.3 is 35.3 Å². The molecule has 2 aliphatic rings. The average Bonchev–Trinajstić information content (AvgIpc) is 3.68. The molecule has 3 heterocycles. The number of piperidine rings is 1. The molecule has 0 bridgehead atoms. The van der Waals surface area contributed by atoms with E-state index in [0.29, 0.717) is 31.6 Å². The number of halogens is 3. The second-order valence-electron chi connectivity index (χ2n) is 10.5. The minimum Gasteiger partial charge on any atom is -0.494 e. The van der Waals surface area contributed by atoms with Crippen LogP contribution in [0.3, 0.4) is 0 Å². The minimum atomic E-state index is -1.14. The van der Waals surface area contributed by atoms with E-state index in [0.717, 1.165) is 19.5 Å². The van der Waals surface area contributed by atoms with Crippen molar-refractivity contribution in [1.82, 2.24) is 25.1 Å². The first-order valence-corrected chi connectivity index (χ1v) is 14.5. The maximum Gasteiger partial charge on any atom is 0.291 e. The van der Waals surface area contributed by atoms with E-state index in [2.05, 4.69) is 20.9 Å². The summed E-state index contributed by atoms with van der Waals surface area (Å²) in [6.45, 7) is 2.31. The number of imidazole rings is 1. The summed E-state index contributed by atoms with van der Waals surface area (Å²) in [7, 11) is 2.74. The first-order chi connectivity index (χ1) is 21.6. The fraction of sp³-hybridized carbons (Fsp3) is 0.367. The van der Waals surface area contributed by atoms with Gasteiger partial charge >= 0.3 is 0 Å². The summed E-state index contributed by atoms with van der Waals surface area (Å²) in [6, 6.07) is 7.34. The molecule has 5 rings (SSSR count). The Bertz CT molecular complexity index is 1570. The molecule has 45 heavy (non-hydrogen) atoms. The van der Waals surface area contributed by atoms with Crippen molar-refractivity contribution < 1.29 is 37.8 Å². The minimum absolute atomic E-state index is 0.0371. The van der Waals surface area contributed by atoms with Gasteiger partial charge in [-0.2, -0.15) is 4.39 Å². The van der Waals surface area contributed by atoms with Crippen molar-refractivity contribution >= 4 is 41.5 Å². The number of likely N-dealkylation sites (tertiary alicyclic amines) is 1. The molecular weight excluding hydrogens is 614 g/mol. The zero-order valence-electron chi connectivity index (χ0n) is 24.6. The van der Waals surface area contributed by atoms with Crippen molar-refractivity contribution in [3.05, 3.63) is 64.6 Å². The van der Waals surface area contributed by atoms with Gasteiger partial charge in [0.1, 0.15) is 0 Å². The summed E-state index contributed by atoms with van der Waals surface area (Å²) in [5.74, 6) is -3.50. The number of ether oxygens (including phenoxy) is 1. The van der Waals surface area contributed by atoms with Crippen LogP contribution in [-0.2, 0) is 16.6 Å². The number of nitrogens with zero attached hydrogens (tertiary/aromatic N) is 3. The summed E-state index contributed by atoms with van der Waals surface area (Å²) in [5.41, 5.74) is 0.717. The third-order valence-corrected chi connectivity index (χ3v) is 8.06. The van der Waals surface area contributed by atoms with Gasteiger partial charge in [-0.25, -0.2) is 9.37 Å². The van der Waals surface area contributed by atoms with Gasteiger partial charge in [-0.05, 0) is 56.1 Å². The van der Waals surface area contributed by atoms with E-state index >= 15 is 0 Å². The number of amides is 3. The Hall–Kier alpha value is -4.56. The molecule has 2 saturated heterocycles. The Morgan fingerprint density at radius 2 is 1.84 bits per heavy atom. The molecule has 1 atom stereocenters. The average molecular weight is 647 g/mol. The quantitative estimate of drug-likeness (QED) is 0.285. The van der Waals surface area contributed by atoms with Crippen molar-refractivity contribution in [2.75, 3.05) is 38.6 Å². The lowest BCUT2D eigenvalue weighted by molar-refractivity contribution is -0.127. The van der Waals surface area contributed by atoms with E-state index in [1.807, 2.05) is 0 Å². The number of benzene rings is 2. The number of carbonyl (C=O) groups is 4. The van der Waals surface area contributed by atoms with Gasteiger partial charge in [0, 0.05) is 49.9 Å². The van der Waals surface area contributed by atoms with E-state index in [-0.39, 0.29) is 63.7 Å². The van der Waals surface area contributed by atoms with Crippen molar-refractivity contribution in [2.24, 2.45) is 13.0 Å². The Morgan fingerprint density at radius 3 is 2.47 bits per heavy atom. The van der Waals surface area contributed by atoms with Crippen LogP contribution >= 0.6 is 11.6 Å². The number of hydrogen-bond donors (Lipinski definition) is 4. The predicted octanol–water partition coefficient (Wildman–Crippen LogP) is 3.31. The number of nitrogens with one attached hydrogen (secondary N) is 3. The third-order valence-electron chi connectivity index (χ3n) is 7.75. The zero-order valence-corrected chi connectivity index (χ0v) is 25.4. The fourth-order valence-electron chi connectivity index (χ4n) is 5.32. The highest BCUT2D eigenvalue weighted by molar-refractivity contribution is 6.34. The SMILES string of the molecule is COc1ccc(-c2cnc(C(=O)Nc3ccc(C(=O)N4CCC(C(=O)N[C@H]5CCNC5)CC4)c(Cl)c3)n2C)c(F)c1F.O=CO. The van der Waals surface area contributed by atoms with E-state index in [1.54, 1.807) is 11.0 Å². The standard InChI is InChI=1S/C29H31ClF2N6O4.CH2O2/c1-37-22(20-5-6-23(42-2)25(32)24(20)31)15-34-26(37)28(40)35-17-3-4-19(21(30)13-17)29(41)38-11-8-16(9-12-38)27(39)36-18-7-10-33-14-18;2-1-3/h3-6,13,15-16,18,33H,7-12,14H2,1-2H3,(H,35,40)(H,36,39);1H,(H,2,3)/t18-;/m0./s1. The molecule has 2 fully saturated rings. The zero-order chi connectivity index (χ0) is 32.7. The summed E-state index contributed by atoms with van der Waals surface area (Å²) in [5, 5.41) is 16.0. The molecule has 12 nitrogen and oxygen atoms in total. The lowest BCUT2D eigenvalue weighted by Crippen LogP contribution is -2.45. The van der Waals surface area contributed by atoms with Crippen LogP contribution in [0.4, 0.5) is 14.5 Å². The van der Waals surface area contributed by atoms with E-state index in [9.17, 15) is 23.2 Å². The Kier molecular flexibility index (Phi) is 11.1. The van der Waals surface area contributed by atoms with Crippen molar-refractivity contribution in [3.63, 3.8) is 0 Å². The Morgan fingerprint density at radius 1 is 1.13 bits per heavy atom. The number of anilines is 1. The molecule has 1 aromatic heterocycles. The number of carbonyl (C=O) groups excluding carboxylic acids is 3. The van der Waals surface area contributed by atoms with E-state index in [1.165, 1.54) is 49.2 Å². The third kappa shape index (κ3) is 7.57. The molecule has 0 radical (unpaired) electrons. The predicted molar refractivity (Wildman–Crippen MR) is 161 cm³/mol. The topological polar surface area (TPSA) is 155 Å². The highest BCUT2D eigenvalue weighted by atomic mass is 35.5. The van der Waals surface area contributed by atoms with Crippen LogP contribution in [0.25, 0.3) is 11.3 Å². The van der Waals surface area contributed by atoms with Gasteiger partial charge in [0.05, 0.1) is 29.6 Å². The second kappa shape index (κ2) is 14.9. The van der Waals surface area contributed by atoms with Crippen LogP contribution in [0.15, 0.2) is 36.5 Å². The number of carboxylic acid groups (broad SMARTS) is 1. The molecule has 0 saturated carbocycles. The van der Waals surface area contributed by atoms with Gasteiger partial charge in [-0.1, -0.05) is 11.6 Å². The molecule has 0 unspecified atom stereocenters. The van der Waals surface area contributed by atoms with Gasteiger partial charge in [0.2, 0.25) is 11.7 Å². The van der Waals surface area contributed by atoms with Crippen LogP contribution in [0, 0.1) is 17.6 Å². The van der Waals surface area contributed by atoms with Crippen LogP contribution < -0.4 is 20.7 Å². The summed E-state index contributed by atoms with van der Waals surface area (Å²) >= 11 is 6.44. The van der Waals surface area contributed by atoms with Crippen molar-refractivity contribution in [3.8, 4) is 17.0 Å². The summed E-state index contributed by atoms with van der Waals surface area (Å²) in [4.78, 5) is 52.8. The maximum absolute atomic E-state index is 14.6.